The predicted molar refractivity (Wildman–Crippen MR) is 47.4 cm³/mol. The number of nitrogens with zero attached hydrogens (tertiary/aromatic N) is 1. The van der Waals surface area contributed by atoms with Crippen LogP contribution in [0.25, 0.3) is 0 Å². The molecule has 1 aromatic heterocycles. The summed E-state index contributed by atoms with van der Waals surface area (Å²) in [5.41, 5.74) is 7.01. The van der Waals surface area contributed by atoms with E-state index in [4.69, 9.17) is 5.73 Å². The van der Waals surface area contributed by atoms with Crippen LogP contribution in [-0.2, 0) is 13.5 Å². The lowest BCUT2D eigenvalue weighted by molar-refractivity contribution is 0.644. The standard InChI is InChI=1S/C9H16N2/c1-8(10)5-6-9-4-3-7-11(9)2/h3-4,7-8H,5-6,10H2,1-2H3. The number of hydrogen-bond acceptors (Lipinski definition) is 1. The van der Waals surface area contributed by atoms with E-state index in [1.165, 1.54) is 5.69 Å². The van der Waals surface area contributed by atoms with Crippen LogP contribution in [-0.4, -0.2) is 10.6 Å². The first-order valence-electron chi connectivity index (χ1n) is 4.06. The van der Waals surface area contributed by atoms with Gasteiger partial charge in [-0.05, 0) is 31.9 Å². The minimum absolute atomic E-state index is 0.310. The zero-order valence-electron chi connectivity index (χ0n) is 7.25. The summed E-state index contributed by atoms with van der Waals surface area (Å²) in [5.74, 6) is 0. The smallest absolute Gasteiger partial charge is 0.0172 e. The molecule has 1 atom stereocenters. The van der Waals surface area contributed by atoms with Crippen molar-refractivity contribution >= 4 is 0 Å². The van der Waals surface area contributed by atoms with Crippen LogP contribution in [0, 0.1) is 0 Å². The lowest BCUT2D eigenvalue weighted by atomic mass is 10.1. The van der Waals surface area contributed by atoms with Crippen molar-refractivity contribution in [1.29, 1.82) is 0 Å². The molecule has 1 aromatic rings. The van der Waals surface area contributed by atoms with Gasteiger partial charge in [-0.25, -0.2) is 0 Å². The summed E-state index contributed by atoms with van der Waals surface area (Å²) >= 11 is 0. The number of aromatic nitrogens is 1. The summed E-state index contributed by atoms with van der Waals surface area (Å²) in [7, 11) is 2.07. The van der Waals surface area contributed by atoms with E-state index in [2.05, 4.69) is 29.9 Å². The average Bonchev–Trinajstić information content (AvgIpc) is 2.31. The fourth-order valence-electron chi connectivity index (χ4n) is 1.13. The van der Waals surface area contributed by atoms with E-state index in [9.17, 15) is 0 Å². The fourth-order valence-corrected chi connectivity index (χ4v) is 1.13. The highest BCUT2D eigenvalue weighted by molar-refractivity contribution is 5.06. The molecule has 0 aliphatic carbocycles. The Labute approximate surface area is 68.0 Å². The van der Waals surface area contributed by atoms with Gasteiger partial charge in [0.25, 0.3) is 0 Å². The third kappa shape index (κ3) is 2.39. The molecule has 1 heterocycles. The minimum Gasteiger partial charge on any atom is -0.354 e. The van der Waals surface area contributed by atoms with E-state index in [0.717, 1.165) is 12.8 Å². The Morgan fingerprint density at radius 1 is 1.64 bits per heavy atom. The van der Waals surface area contributed by atoms with Gasteiger partial charge in [-0.2, -0.15) is 0 Å². The molecule has 1 unspecified atom stereocenters. The van der Waals surface area contributed by atoms with Gasteiger partial charge in [0, 0.05) is 25.0 Å². The van der Waals surface area contributed by atoms with Crippen molar-refractivity contribution in [2.75, 3.05) is 0 Å². The molecule has 0 aliphatic rings. The van der Waals surface area contributed by atoms with E-state index in [1.807, 2.05) is 6.92 Å². The largest absolute Gasteiger partial charge is 0.354 e. The molecule has 0 fully saturated rings. The Hall–Kier alpha value is -0.760. The van der Waals surface area contributed by atoms with Crippen molar-refractivity contribution in [2.45, 2.75) is 25.8 Å². The van der Waals surface area contributed by atoms with Crippen LogP contribution in [0.5, 0.6) is 0 Å². The number of nitrogens with two attached hydrogens (primary N) is 1. The van der Waals surface area contributed by atoms with E-state index < -0.39 is 0 Å². The van der Waals surface area contributed by atoms with Gasteiger partial charge in [0.1, 0.15) is 0 Å². The second kappa shape index (κ2) is 3.58. The van der Waals surface area contributed by atoms with Crippen molar-refractivity contribution in [3.8, 4) is 0 Å². The van der Waals surface area contributed by atoms with Crippen LogP contribution in [0.15, 0.2) is 18.3 Å². The third-order valence-electron chi connectivity index (χ3n) is 1.91. The Balaban J connectivity index is 2.44. The molecule has 11 heavy (non-hydrogen) atoms. The van der Waals surface area contributed by atoms with Crippen LogP contribution in [0.3, 0.4) is 0 Å². The molecule has 0 aliphatic heterocycles. The second-order valence-corrected chi connectivity index (χ2v) is 3.13. The molecular weight excluding hydrogens is 136 g/mol. The van der Waals surface area contributed by atoms with Gasteiger partial charge >= 0.3 is 0 Å². The van der Waals surface area contributed by atoms with Gasteiger partial charge in [0.2, 0.25) is 0 Å². The van der Waals surface area contributed by atoms with Gasteiger partial charge in [0.15, 0.2) is 0 Å². The van der Waals surface area contributed by atoms with Crippen LogP contribution < -0.4 is 5.73 Å². The van der Waals surface area contributed by atoms with Gasteiger partial charge in [-0.15, -0.1) is 0 Å². The summed E-state index contributed by atoms with van der Waals surface area (Å²) in [6, 6.07) is 4.52. The Morgan fingerprint density at radius 2 is 2.36 bits per heavy atom. The molecule has 2 N–H and O–H groups in total. The molecule has 1 rings (SSSR count). The maximum Gasteiger partial charge on any atom is 0.0172 e. The summed E-state index contributed by atoms with van der Waals surface area (Å²) in [5, 5.41) is 0. The summed E-state index contributed by atoms with van der Waals surface area (Å²) in [4.78, 5) is 0. The molecule has 2 heteroatoms. The van der Waals surface area contributed by atoms with Crippen LogP contribution in [0.1, 0.15) is 19.0 Å². The predicted octanol–water partition coefficient (Wildman–Crippen LogP) is 1.30. The molecule has 0 saturated heterocycles. The molecule has 0 spiro atoms. The quantitative estimate of drug-likeness (QED) is 0.695. The summed E-state index contributed by atoms with van der Waals surface area (Å²) < 4.78 is 2.14. The number of aryl methyl sites for hydroxylation is 2. The van der Waals surface area contributed by atoms with Crippen molar-refractivity contribution in [1.82, 2.24) is 4.57 Å². The van der Waals surface area contributed by atoms with Gasteiger partial charge in [-0.1, -0.05) is 0 Å². The number of hydrogen-bond donors (Lipinski definition) is 1. The Kier molecular flexibility index (Phi) is 2.71. The van der Waals surface area contributed by atoms with Crippen molar-refractivity contribution in [2.24, 2.45) is 12.8 Å². The first-order valence-corrected chi connectivity index (χ1v) is 4.06. The van der Waals surface area contributed by atoms with Gasteiger partial charge in [-0.3, -0.25) is 0 Å². The molecule has 62 valence electrons. The maximum atomic E-state index is 5.65. The van der Waals surface area contributed by atoms with E-state index >= 15 is 0 Å². The summed E-state index contributed by atoms with van der Waals surface area (Å²) in [6.07, 6.45) is 4.22. The highest BCUT2D eigenvalue weighted by Gasteiger charge is 1.98. The number of rotatable bonds is 3. The SMILES string of the molecule is CC(N)CCc1cccn1C. The second-order valence-electron chi connectivity index (χ2n) is 3.13. The Morgan fingerprint density at radius 3 is 2.82 bits per heavy atom. The molecule has 0 aromatic carbocycles. The topological polar surface area (TPSA) is 30.9 Å². The first kappa shape index (κ1) is 8.34. The van der Waals surface area contributed by atoms with Crippen molar-refractivity contribution < 1.29 is 0 Å². The average molecular weight is 152 g/mol. The molecule has 0 radical (unpaired) electrons. The normalized spacial score (nSPS) is 13.4. The summed E-state index contributed by atoms with van der Waals surface area (Å²) in [6.45, 7) is 2.04. The van der Waals surface area contributed by atoms with E-state index in [0.29, 0.717) is 6.04 Å². The van der Waals surface area contributed by atoms with Crippen molar-refractivity contribution in [3.63, 3.8) is 0 Å². The highest BCUT2D eigenvalue weighted by Crippen LogP contribution is 2.03. The van der Waals surface area contributed by atoms with Crippen LogP contribution >= 0.6 is 0 Å². The lowest BCUT2D eigenvalue weighted by Crippen LogP contribution is -2.15. The maximum absolute atomic E-state index is 5.65. The van der Waals surface area contributed by atoms with Crippen molar-refractivity contribution in [3.05, 3.63) is 24.0 Å². The molecule has 0 bridgehead atoms. The Bertz CT molecular complexity index is 213. The molecule has 0 amide bonds. The molecule has 2 nitrogen and oxygen atoms in total. The lowest BCUT2D eigenvalue weighted by Gasteiger charge is -2.05. The molecule has 0 saturated carbocycles. The van der Waals surface area contributed by atoms with Gasteiger partial charge < -0.3 is 10.3 Å². The fraction of sp³-hybridized carbons (Fsp3) is 0.556. The van der Waals surface area contributed by atoms with Gasteiger partial charge in [0.05, 0.1) is 0 Å². The van der Waals surface area contributed by atoms with E-state index in [-0.39, 0.29) is 0 Å². The first-order chi connectivity index (χ1) is 5.20. The zero-order valence-corrected chi connectivity index (χ0v) is 7.25. The zero-order chi connectivity index (χ0) is 8.27. The van der Waals surface area contributed by atoms with E-state index in [1.54, 1.807) is 0 Å². The minimum atomic E-state index is 0.310. The highest BCUT2D eigenvalue weighted by atomic mass is 14.9. The molecular formula is C9H16N2. The third-order valence-corrected chi connectivity index (χ3v) is 1.91. The van der Waals surface area contributed by atoms with Crippen LogP contribution in [0.2, 0.25) is 0 Å². The van der Waals surface area contributed by atoms with Crippen LogP contribution in [0.4, 0.5) is 0 Å². The monoisotopic (exact) mass is 152 g/mol.